The van der Waals surface area contributed by atoms with Crippen LogP contribution in [0.5, 0.6) is 11.5 Å². The summed E-state index contributed by atoms with van der Waals surface area (Å²) in [5, 5.41) is 9.02. The molecule has 0 aliphatic carbocycles. The second-order valence-electron chi connectivity index (χ2n) is 8.96. The summed E-state index contributed by atoms with van der Waals surface area (Å²) >= 11 is 3.39. The van der Waals surface area contributed by atoms with Gasteiger partial charge in [-0.05, 0) is 73.2 Å². The highest BCUT2D eigenvalue weighted by Crippen LogP contribution is 2.25. The number of halogens is 1. The van der Waals surface area contributed by atoms with E-state index in [1.165, 1.54) is 0 Å². The molecule has 0 aliphatic heterocycles. The van der Waals surface area contributed by atoms with E-state index in [9.17, 15) is 4.79 Å². The Balaban J connectivity index is 1.31. The number of hydrogen-bond donors (Lipinski definition) is 1. The number of nitrogens with zero attached hydrogens (tertiary/aromatic N) is 3. The maximum absolute atomic E-state index is 12.6. The second-order valence-corrected chi connectivity index (χ2v) is 9.88. The molecule has 0 saturated carbocycles. The Bertz CT molecular complexity index is 1570. The van der Waals surface area contributed by atoms with Gasteiger partial charge in [0, 0.05) is 21.8 Å². The average molecular weight is 595 g/mol. The van der Waals surface area contributed by atoms with E-state index in [2.05, 4.69) is 26.5 Å². The summed E-state index contributed by atoms with van der Waals surface area (Å²) in [6, 6.07) is 34.9. The van der Waals surface area contributed by atoms with Crippen LogP contribution in [-0.2, 0) is 11.4 Å². The molecule has 0 spiro atoms. The van der Waals surface area contributed by atoms with Gasteiger partial charge in [-0.3, -0.25) is 4.79 Å². The number of hydrogen-bond acceptors (Lipinski definition) is 5. The van der Waals surface area contributed by atoms with Crippen molar-refractivity contribution in [1.82, 2.24) is 15.2 Å². The van der Waals surface area contributed by atoms with Crippen LogP contribution >= 0.6 is 15.9 Å². The van der Waals surface area contributed by atoms with Crippen molar-refractivity contribution in [3.05, 3.63) is 131 Å². The van der Waals surface area contributed by atoms with Crippen LogP contribution in [0, 0.1) is 0 Å². The first-order chi connectivity index (χ1) is 19.5. The average Bonchev–Trinajstić information content (AvgIpc) is 3.42. The summed E-state index contributed by atoms with van der Waals surface area (Å²) in [4.78, 5) is 12.6. The maximum Gasteiger partial charge on any atom is 0.280 e. The van der Waals surface area contributed by atoms with Crippen molar-refractivity contribution in [3.63, 3.8) is 0 Å². The number of carbonyl (C=O) groups excluding carboxylic acids is 1. The minimum Gasteiger partial charge on any atom is -0.489 e. The van der Waals surface area contributed by atoms with Crippen LogP contribution in [0.15, 0.2) is 125 Å². The number of nitrogens with one attached hydrogen (secondary N) is 1. The minimum absolute atomic E-state index is 0.365. The molecule has 0 aliphatic rings. The van der Waals surface area contributed by atoms with Crippen molar-refractivity contribution in [2.24, 2.45) is 5.10 Å². The SMILES string of the molecule is CC(Oc1ccc(Br)cc1)C(=O)NN=Cc1cn(-c2ccccc2)nc1-c1ccc(OCc2ccccc2)cc1. The highest BCUT2D eigenvalue weighted by molar-refractivity contribution is 9.10. The molecule has 0 fully saturated rings. The summed E-state index contributed by atoms with van der Waals surface area (Å²) in [6.07, 6.45) is 2.74. The summed E-state index contributed by atoms with van der Waals surface area (Å²) in [6.45, 7) is 2.16. The van der Waals surface area contributed by atoms with E-state index in [0.717, 1.165) is 38.3 Å². The largest absolute Gasteiger partial charge is 0.489 e. The Morgan fingerprint density at radius 2 is 1.57 bits per heavy atom. The van der Waals surface area contributed by atoms with Crippen LogP contribution in [0.1, 0.15) is 18.1 Å². The Morgan fingerprint density at radius 1 is 0.925 bits per heavy atom. The van der Waals surface area contributed by atoms with Gasteiger partial charge in [-0.25, -0.2) is 10.1 Å². The normalized spacial score (nSPS) is 11.8. The second kappa shape index (κ2) is 12.9. The van der Waals surface area contributed by atoms with Gasteiger partial charge in [-0.2, -0.15) is 10.2 Å². The van der Waals surface area contributed by atoms with Gasteiger partial charge in [0.05, 0.1) is 11.9 Å². The molecule has 8 heteroatoms. The molecule has 1 unspecified atom stereocenters. The van der Waals surface area contributed by atoms with Crippen molar-refractivity contribution in [2.45, 2.75) is 19.6 Å². The molecule has 0 radical (unpaired) electrons. The lowest BCUT2D eigenvalue weighted by molar-refractivity contribution is -0.127. The van der Waals surface area contributed by atoms with Gasteiger partial charge >= 0.3 is 0 Å². The Kier molecular flexibility index (Phi) is 8.68. The molecule has 5 aromatic rings. The molecule has 200 valence electrons. The summed E-state index contributed by atoms with van der Waals surface area (Å²) < 4.78 is 14.4. The Labute approximate surface area is 241 Å². The first-order valence-electron chi connectivity index (χ1n) is 12.7. The number of hydrazone groups is 1. The number of carbonyl (C=O) groups is 1. The summed E-state index contributed by atoms with van der Waals surface area (Å²) in [5.41, 5.74) is 6.93. The zero-order valence-corrected chi connectivity index (χ0v) is 23.4. The van der Waals surface area contributed by atoms with Crippen molar-refractivity contribution < 1.29 is 14.3 Å². The standard InChI is InChI=1S/C32H27BrN4O3/c1-23(40-30-18-14-27(33)15-19-30)32(38)35-34-20-26-21-37(28-10-6-3-7-11-28)36-31(26)25-12-16-29(17-13-25)39-22-24-8-4-2-5-9-24/h2-21,23H,22H2,1H3,(H,35,38). The van der Waals surface area contributed by atoms with Crippen molar-refractivity contribution in [3.8, 4) is 28.4 Å². The van der Waals surface area contributed by atoms with E-state index in [4.69, 9.17) is 14.6 Å². The monoisotopic (exact) mass is 594 g/mol. The van der Waals surface area contributed by atoms with E-state index < -0.39 is 6.10 Å². The molecule has 1 atom stereocenters. The first kappa shape index (κ1) is 26.9. The van der Waals surface area contributed by atoms with Gasteiger partial charge in [0.25, 0.3) is 5.91 Å². The number of rotatable bonds is 10. The van der Waals surface area contributed by atoms with E-state index in [1.807, 2.05) is 103 Å². The Hall–Kier alpha value is -4.69. The van der Waals surface area contributed by atoms with Crippen molar-refractivity contribution in [1.29, 1.82) is 0 Å². The van der Waals surface area contributed by atoms with E-state index >= 15 is 0 Å². The van der Waals surface area contributed by atoms with Crippen LogP contribution < -0.4 is 14.9 Å². The zero-order chi connectivity index (χ0) is 27.7. The van der Waals surface area contributed by atoms with Crippen molar-refractivity contribution in [2.75, 3.05) is 0 Å². The third kappa shape index (κ3) is 7.03. The third-order valence-electron chi connectivity index (χ3n) is 6.01. The van der Waals surface area contributed by atoms with Gasteiger partial charge < -0.3 is 9.47 Å². The van der Waals surface area contributed by atoms with E-state index in [-0.39, 0.29) is 5.91 Å². The first-order valence-corrected chi connectivity index (χ1v) is 13.5. The zero-order valence-electron chi connectivity index (χ0n) is 21.8. The molecule has 0 bridgehead atoms. The van der Waals surface area contributed by atoms with Gasteiger partial charge in [-0.1, -0.05) is 64.5 Å². The Morgan fingerprint density at radius 3 is 2.27 bits per heavy atom. The summed E-state index contributed by atoms with van der Waals surface area (Å²) in [5.74, 6) is 0.992. The number of amides is 1. The number of ether oxygens (including phenoxy) is 2. The smallest absolute Gasteiger partial charge is 0.280 e. The molecule has 5 rings (SSSR count). The molecule has 1 aromatic heterocycles. The fraction of sp³-hybridized carbons (Fsp3) is 0.0938. The molecule has 7 nitrogen and oxygen atoms in total. The summed E-state index contributed by atoms with van der Waals surface area (Å²) in [7, 11) is 0. The minimum atomic E-state index is -0.728. The third-order valence-corrected chi connectivity index (χ3v) is 6.54. The number of aromatic nitrogens is 2. The van der Waals surface area contributed by atoms with Crippen LogP contribution in [-0.4, -0.2) is 28.0 Å². The van der Waals surface area contributed by atoms with Gasteiger partial charge in [0.15, 0.2) is 6.10 Å². The molecular formula is C32H27BrN4O3. The molecule has 0 saturated heterocycles. The van der Waals surface area contributed by atoms with Crippen LogP contribution in [0.2, 0.25) is 0 Å². The van der Waals surface area contributed by atoms with Gasteiger partial charge in [0.2, 0.25) is 0 Å². The topological polar surface area (TPSA) is 77.7 Å². The molecule has 1 heterocycles. The number of benzene rings is 4. The maximum atomic E-state index is 12.6. The van der Waals surface area contributed by atoms with Crippen molar-refractivity contribution >= 4 is 28.1 Å². The lowest BCUT2D eigenvalue weighted by Crippen LogP contribution is -2.33. The van der Waals surface area contributed by atoms with Crippen LogP contribution in [0.25, 0.3) is 16.9 Å². The number of para-hydroxylation sites is 1. The quantitative estimate of drug-likeness (QED) is 0.142. The van der Waals surface area contributed by atoms with E-state index in [0.29, 0.717) is 12.4 Å². The fourth-order valence-electron chi connectivity index (χ4n) is 3.90. The van der Waals surface area contributed by atoms with Crippen LogP contribution in [0.3, 0.4) is 0 Å². The lowest BCUT2D eigenvalue weighted by Gasteiger charge is -2.12. The molecule has 4 aromatic carbocycles. The predicted octanol–water partition coefficient (Wildman–Crippen LogP) is 6.80. The fourth-order valence-corrected chi connectivity index (χ4v) is 4.16. The molecule has 1 N–H and O–H groups in total. The molecule has 1 amide bonds. The van der Waals surface area contributed by atoms with Crippen LogP contribution in [0.4, 0.5) is 0 Å². The molecular weight excluding hydrogens is 568 g/mol. The van der Waals surface area contributed by atoms with Gasteiger partial charge in [-0.15, -0.1) is 0 Å². The highest BCUT2D eigenvalue weighted by atomic mass is 79.9. The van der Waals surface area contributed by atoms with Gasteiger partial charge in [0.1, 0.15) is 23.8 Å². The van der Waals surface area contributed by atoms with E-state index in [1.54, 1.807) is 30.0 Å². The highest BCUT2D eigenvalue weighted by Gasteiger charge is 2.15. The predicted molar refractivity (Wildman–Crippen MR) is 160 cm³/mol. The lowest BCUT2D eigenvalue weighted by atomic mass is 10.1. The molecule has 40 heavy (non-hydrogen) atoms.